The Morgan fingerprint density at radius 1 is 1.50 bits per heavy atom. The second kappa shape index (κ2) is 1.47. The third kappa shape index (κ3) is 0.510. The van der Waals surface area contributed by atoms with Gasteiger partial charge in [-0.2, -0.15) is 0 Å². The van der Waals surface area contributed by atoms with Crippen LogP contribution in [-0.4, -0.2) is 11.2 Å². The second-order valence-corrected chi connectivity index (χ2v) is 3.02. The van der Waals surface area contributed by atoms with Crippen molar-refractivity contribution < 1.29 is 5.11 Å². The third-order valence-corrected chi connectivity index (χ3v) is 2.45. The van der Waals surface area contributed by atoms with Crippen molar-refractivity contribution in [2.24, 2.45) is 5.92 Å². The Morgan fingerprint density at radius 3 is 2.62 bits per heavy atom. The molecule has 0 heterocycles. The van der Waals surface area contributed by atoms with Gasteiger partial charge in [-0.25, -0.2) is 0 Å². The highest BCUT2D eigenvalue weighted by atomic mass is 16.3. The lowest BCUT2D eigenvalue weighted by atomic mass is 9.98. The number of aliphatic hydroxyl groups is 1. The first-order valence-electron chi connectivity index (χ1n) is 3.39. The summed E-state index contributed by atoms with van der Waals surface area (Å²) < 4.78 is 0. The van der Waals surface area contributed by atoms with E-state index < -0.39 is 0 Å². The zero-order chi connectivity index (χ0) is 5.56. The molecule has 1 radical (unpaired) electrons. The van der Waals surface area contributed by atoms with Crippen molar-refractivity contribution in [1.82, 2.24) is 0 Å². The van der Waals surface area contributed by atoms with E-state index in [4.69, 9.17) is 0 Å². The van der Waals surface area contributed by atoms with Crippen molar-refractivity contribution in [3.8, 4) is 0 Å². The molecular formula is C7H11O. The number of fused-ring (bicyclic) bond motifs is 2. The van der Waals surface area contributed by atoms with Crippen molar-refractivity contribution in [3.05, 3.63) is 5.92 Å². The molecule has 1 nitrogen and oxygen atoms in total. The molecular weight excluding hydrogens is 100 g/mol. The Morgan fingerprint density at radius 2 is 2.38 bits per heavy atom. The van der Waals surface area contributed by atoms with Crippen LogP contribution >= 0.6 is 0 Å². The Hall–Kier alpha value is -0.0400. The molecule has 0 aromatic carbocycles. The highest BCUT2D eigenvalue weighted by molar-refractivity contribution is 5.10. The maximum absolute atomic E-state index is 9.18. The topological polar surface area (TPSA) is 20.2 Å². The zero-order valence-electron chi connectivity index (χ0n) is 4.93. The molecule has 0 aromatic heterocycles. The molecule has 8 heavy (non-hydrogen) atoms. The molecule has 0 amide bonds. The quantitative estimate of drug-likeness (QED) is 0.496. The number of hydrogen-bond acceptors (Lipinski definition) is 1. The van der Waals surface area contributed by atoms with Crippen molar-refractivity contribution in [2.75, 3.05) is 0 Å². The maximum Gasteiger partial charge on any atom is 0.0605 e. The van der Waals surface area contributed by atoms with Crippen LogP contribution < -0.4 is 0 Å². The summed E-state index contributed by atoms with van der Waals surface area (Å²) in [5, 5.41) is 9.18. The van der Waals surface area contributed by atoms with Crippen LogP contribution in [0.1, 0.15) is 25.7 Å². The molecule has 2 atom stereocenters. The van der Waals surface area contributed by atoms with Gasteiger partial charge in [-0.3, -0.25) is 0 Å². The molecule has 0 spiro atoms. The minimum atomic E-state index is -0.00579. The molecule has 1 N–H and O–H groups in total. The van der Waals surface area contributed by atoms with E-state index in [1.807, 2.05) is 0 Å². The first-order valence-corrected chi connectivity index (χ1v) is 3.39. The molecule has 1 heteroatoms. The number of aliphatic hydroxyl groups excluding tert-OH is 1. The van der Waals surface area contributed by atoms with Gasteiger partial charge in [-0.05, 0) is 31.6 Å². The summed E-state index contributed by atoms with van der Waals surface area (Å²) in [5.41, 5.74) is 0. The van der Waals surface area contributed by atoms with E-state index in [1.54, 1.807) is 0 Å². The van der Waals surface area contributed by atoms with Gasteiger partial charge < -0.3 is 5.11 Å². The van der Waals surface area contributed by atoms with Crippen LogP contribution in [-0.2, 0) is 0 Å². The average Bonchev–Trinajstić information content (AvgIpc) is 2.23. The fourth-order valence-corrected chi connectivity index (χ4v) is 1.95. The van der Waals surface area contributed by atoms with Gasteiger partial charge in [0, 0.05) is 5.92 Å². The Kier molecular flexibility index (Phi) is 0.884. The van der Waals surface area contributed by atoms with E-state index in [0.29, 0.717) is 0 Å². The normalized spacial score (nSPS) is 46.1. The van der Waals surface area contributed by atoms with Gasteiger partial charge in [0.2, 0.25) is 0 Å². The molecule has 0 saturated heterocycles. The summed E-state index contributed by atoms with van der Waals surface area (Å²) in [6.07, 6.45) is 4.86. The molecule has 2 saturated carbocycles. The predicted octanol–water partition coefficient (Wildman–Crippen LogP) is 1.13. The van der Waals surface area contributed by atoms with Gasteiger partial charge in [0.25, 0.3) is 0 Å². The first-order chi connectivity index (χ1) is 3.86. The largest absolute Gasteiger partial charge is 0.393 e. The number of rotatable bonds is 0. The van der Waals surface area contributed by atoms with Crippen LogP contribution in [0.4, 0.5) is 0 Å². The summed E-state index contributed by atoms with van der Waals surface area (Å²) in [4.78, 5) is 0. The van der Waals surface area contributed by atoms with Crippen LogP contribution in [0, 0.1) is 11.8 Å². The highest BCUT2D eigenvalue weighted by Crippen LogP contribution is 2.45. The Bertz CT molecular complexity index is 98.6. The maximum atomic E-state index is 9.18. The van der Waals surface area contributed by atoms with Crippen LogP contribution in [0.25, 0.3) is 0 Å². The molecule has 2 aliphatic carbocycles. The lowest BCUT2D eigenvalue weighted by Crippen LogP contribution is -2.12. The van der Waals surface area contributed by atoms with Crippen molar-refractivity contribution in [2.45, 2.75) is 31.8 Å². The monoisotopic (exact) mass is 111 g/mol. The minimum Gasteiger partial charge on any atom is -0.393 e. The highest BCUT2D eigenvalue weighted by Gasteiger charge is 2.38. The summed E-state index contributed by atoms with van der Waals surface area (Å²) in [6, 6.07) is 0. The second-order valence-electron chi connectivity index (χ2n) is 3.02. The molecule has 2 rings (SSSR count). The smallest absolute Gasteiger partial charge is 0.0605 e. The van der Waals surface area contributed by atoms with E-state index in [1.165, 1.54) is 25.2 Å². The Balaban J connectivity index is 2.11. The SMILES string of the molecule is OC1CC2CC[C]1C2. The predicted molar refractivity (Wildman–Crippen MR) is 31.2 cm³/mol. The zero-order valence-corrected chi connectivity index (χ0v) is 4.93. The molecule has 45 valence electrons. The van der Waals surface area contributed by atoms with Gasteiger partial charge >= 0.3 is 0 Å². The lowest BCUT2D eigenvalue weighted by molar-refractivity contribution is 0.171. The molecule has 2 unspecified atom stereocenters. The van der Waals surface area contributed by atoms with Gasteiger partial charge in [0.05, 0.1) is 6.10 Å². The third-order valence-electron chi connectivity index (χ3n) is 2.45. The fraction of sp³-hybridized carbons (Fsp3) is 0.857. The molecule has 2 fully saturated rings. The van der Waals surface area contributed by atoms with E-state index in [9.17, 15) is 5.11 Å². The molecule has 2 bridgehead atoms. The van der Waals surface area contributed by atoms with Crippen molar-refractivity contribution in [3.63, 3.8) is 0 Å². The van der Waals surface area contributed by atoms with Gasteiger partial charge in [0.15, 0.2) is 0 Å². The number of hydrogen-bond donors (Lipinski definition) is 1. The summed E-state index contributed by atoms with van der Waals surface area (Å²) in [6.45, 7) is 0. The van der Waals surface area contributed by atoms with Crippen LogP contribution in [0.5, 0.6) is 0 Å². The van der Waals surface area contributed by atoms with Gasteiger partial charge in [0.1, 0.15) is 0 Å². The fourth-order valence-electron chi connectivity index (χ4n) is 1.95. The van der Waals surface area contributed by atoms with Crippen molar-refractivity contribution in [1.29, 1.82) is 0 Å². The standard InChI is InChI=1S/C7H11O/c8-7-4-5-1-2-6(7)3-5/h5,7-8H,1-4H2. The van der Waals surface area contributed by atoms with E-state index in [2.05, 4.69) is 0 Å². The van der Waals surface area contributed by atoms with E-state index in [-0.39, 0.29) is 6.10 Å². The van der Waals surface area contributed by atoms with Gasteiger partial charge in [-0.1, -0.05) is 0 Å². The van der Waals surface area contributed by atoms with E-state index >= 15 is 0 Å². The lowest BCUT2D eigenvalue weighted by Gasteiger charge is -2.13. The molecule has 0 aromatic rings. The van der Waals surface area contributed by atoms with E-state index in [0.717, 1.165) is 12.3 Å². The molecule has 0 aliphatic heterocycles. The summed E-state index contributed by atoms with van der Waals surface area (Å²) >= 11 is 0. The van der Waals surface area contributed by atoms with Gasteiger partial charge in [-0.15, -0.1) is 0 Å². The summed E-state index contributed by atoms with van der Waals surface area (Å²) in [5.74, 6) is 2.29. The van der Waals surface area contributed by atoms with Crippen LogP contribution in [0.2, 0.25) is 0 Å². The first kappa shape index (κ1) is 4.80. The Labute approximate surface area is 49.7 Å². The van der Waals surface area contributed by atoms with Crippen LogP contribution in [0.3, 0.4) is 0 Å². The van der Waals surface area contributed by atoms with Crippen molar-refractivity contribution >= 4 is 0 Å². The summed E-state index contributed by atoms with van der Waals surface area (Å²) in [7, 11) is 0. The van der Waals surface area contributed by atoms with Crippen LogP contribution in [0.15, 0.2) is 0 Å². The molecule has 2 aliphatic rings. The minimum absolute atomic E-state index is 0.00579. The average molecular weight is 111 g/mol.